The minimum absolute atomic E-state index is 0.232. The Labute approximate surface area is 129 Å². The molecule has 0 atom stereocenters. The van der Waals surface area contributed by atoms with Gasteiger partial charge in [-0.05, 0) is 23.0 Å². The Morgan fingerprint density at radius 1 is 1.50 bits per heavy atom. The fourth-order valence-corrected chi connectivity index (χ4v) is 1.69. The number of carbonyl (C=O) groups is 1. The standard InChI is InChI=1S/C14H11IN2O3/c1-10-9-13(17-20-10)16-14(18)11-5-2-3-6-12(11)19-8-4-7-15/h2-3,5-6,9H,8H2,1H3,(H,16,17,18). The Hall–Kier alpha value is -2.01. The highest BCUT2D eigenvalue weighted by Crippen LogP contribution is 2.19. The molecule has 1 aromatic heterocycles. The van der Waals surface area contributed by atoms with Gasteiger partial charge in [-0.3, -0.25) is 4.79 Å². The summed E-state index contributed by atoms with van der Waals surface area (Å²) in [5.41, 5.74) is 0.420. The Morgan fingerprint density at radius 2 is 2.30 bits per heavy atom. The third-order valence-corrected chi connectivity index (χ3v) is 2.75. The van der Waals surface area contributed by atoms with E-state index < -0.39 is 0 Å². The highest BCUT2D eigenvalue weighted by atomic mass is 127. The van der Waals surface area contributed by atoms with Crippen molar-refractivity contribution < 1.29 is 14.1 Å². The molecule has 2 aromatic rings. The molecule has 0 spiro atoms. The van der Waals surface area contributed by atoms with Crippen LogP contribution in [0.2, 0.25) is 0 Å². The van der Waals surface area contributed by atoms with E-state index in [1.807, 2.05) is 22.6 Å². The summed E-state index contributed by atoms with van der Waals surface area (Å²) in [5, 5.41) is 6.36. The van der Waals surface area contributed by atoms with Gasteiger partial charge in [0.2, 0.25) is 0 Å². The van der Waals surface area contributed by atoms with Crippen LogP contribution in [-0.4, -0.2) is 17.7 Å². The van der Waals surface area contributed by atoms with E-state index in [4.69, 9.17) is 9.26 Å². The van der Waals surface area contributed by atoms with Crippen molar-refractivity contribution in [2.24, 2.45) is 0 Å². The van der Waals surface area contributed by atoms with E-state index >= 15 is 0 Å². The largest absolute Gasteiger partial charge is 0.480 e. The number of benzene rings is 1. The molecular weight excluding hydrogens is 371 g/mol. The zero-order valence-electron chi connectivity index (χ0n) is 10.6. The summed E-state index contributed by atoms with van der Waals surface area (Å²) in [6.07, 6.45) is 0. The molecule has 1 N–H and O–H groups in total. The second kappa shape index (κ2) is 6.96. The Bertz CT molecular complexity index is 670. The van der Waals surface area contributed by atoms with Crippen LogP contribution in [-0.2, 0) is 0 Å². The summed E-state index contributed by atoms with van der Waals surface area (Å²) in [6.45, 7) is 1.98. The second-order valence-corrected chi connectivity index (χ2v) is 4.37. The first-order chi connectivity index (χ1) is 9.70. The highest BCUT2D eigenvalue weighted by Gasteiger charge is 2.13. The van der Waals surface area contributed by atoms with Gasteiger partial charge in [-0.1, -0.05) is 23.2 Å². The molecule has 0 aliphatic carbocycles. The van der Waals surface area contributed by atoms with Crippen LogP contribution in [0.3, 0.4) is 0 Å². The number of amides is 1. The number of nitrogens with zero attached hydrogens (tertiary/aromatic N) is 1. The highest BCUT2D eigenvalue weighted by molar-refractivity contribution is 14.1. The molecule has 0 aliphatic heterocycles. The van der Waals surface area contributed by atoms with Crippen molar-refractivity contribution >= 4 is 34.3 Å². The first-order valence-corrected chi connectivity index (χ1v) is 6.83. The zero-order valence-corrected chi connectivity index (χ0v) is 12.8. The Morgan fingerprint density at radius 3 is 3.00 bits per heavy atom. The number of ether oxygens (including phenoxy) is 1. The lowest BCUT2D eigenvalue weighted by Crippen LogP contribution is -2.13. The third-order valence-electron chi connectivity index (χ3n) is 2.37. The monoisotopic (exact) mass is 382 g/mol. The van der Waals surface area contributed by atoms with Gasteiger partial charge in [-0.2, -0.15) is 0 Å². The number of nitrogens with one attached hydrogen (secondary N) is 1. The van der Waals surface area contributed by atoms with Crippen LogP contribution in [0.5, 0.6) is 5.75 Å². The number of aromatic nitrogens is 1. The van der Waals surface area contributed by atoms with Crippen molar-refractivity contribution in [3.05, 3.63) is 41.7 Å². The van der Waals surface area contributed by atoms with E-state index in [1.165, 1.54) is 0 Å². The lowest BCUT2D eigenvalue weighted by Gasteiger charge is -2.08. The first kappa shape index (κ1) is 14.4. The molecule has 0 fully saturated rings. The van der Waals surface area contributed by atoms with Gasteiger partial charge in [0.25, 0.3) is 5.91 Å². The van der Waals surface area contributed by atoms with Crippen LogP contribution in [0.1, 0.15) is 16.1 Å². The fraction of sp³-hybridized carbons (Fsp3) is 0.143. The predicted molar refractivity (Wildman–Crippen MR) is 82.9 cm³/mol. The number of hydrogen-bond donors (Lipinski definition) is 1. The maximum absolute atomic E-state index is 12.2. The Kier molecular flexibility index (Phi) is 5.01. The summed E-state index contributed by atoms with van der Waals surface area (Å²) < 4.78 is 13.1. The first-order valence-electron chi connectivity index (χ1n) is 5.75. The van der Waals surface area contributed by atoms with Gasteiger partial charge in [0.05, 0.1) is 5.56 Å². The van der Waals surface area contributed by atoms with Crippen molar-refractivity contribution in [2.75, 3.05) is 11.9 Å². The number of anilines is 1. The zero-order chi connectivity index (χ0) is 14.4. The number of para-hydroxylation sites is 1. The minimum Gasteiger partial charge on any atom is -0.480 e. The van der Waals surface area contributed by atoms with E-state index in [2.05, 4.69) is 20.3 Å². The van der Waals surface area contributed by atoms with Crippen molar-refractivity contribution in [3.63, 3.8) is 0 Å². The Balaban J connectivity index is 2.13. The molecule has 6 heteroatoms. The summed E-state index contributed by atoms with van der Waals surface area (Å²) in [6, 6.07) is 8.60. The predicted octanol–water partition coefficient (Wildman–Crippen LogP) is 3.01. The molecule has 0 radical (unpaired) electrons. The molecule has 5 nitrogen and oxygen atoms in total. The quantitative estimate of drug-likeness (QED) is 0.653. The number of aryl methyl sites for hydroxylation is 1. The van der Waals surface area contributed by atoms with E-state index in [9.17, 15) is 4.79 Å². The molecule has 0 saturated heterocycles. The van der Waals surface area contributed by atoms with Crippen LogP contribution >= 0.6 is 22.6 Å². The average Bonchev–Trinajstić information content (AvgIpc) is 2.85. The van der Waals surface area contributed by atoms with Crippen LogP contribution in [0, 0.1) is 16.8 Å². The van der Waals surface area contributed by atoms with Crippen molar-refractivity contribution in [3.8, 4) is 15.6 Å². The van der Waals surface area contributed by atoms with Crippen LogP contribution < -0.4 is 10.1 Å². The van der Waals surface area contributed by atoms with Crippen molar-refractivity contribution in [1.82, 2.24) is 5.16 Å². The van der Waals surface area contributed by atoms with Gasteiger partial charge in [-0.25, -0.2) is 0 Å². The molecule has 0 bridgehead atoms. The van der Waals surface area contributed by atoms with Gasteiger partial charge < -0.3 is 14.6 Å². The minimum atomic E-state index is -0.309. The third kappa shape index (κ3) is 3.74. The van der Waals surface area contributed by atoms with Gasteiger partial charge in [0.1, 0.15) is 18.1 Å². The number of hydrogen-bond acceptors (Lipinski definition) is 4. The summed E-state index contributed by atoms with van der Waals surface area (Å²) in [4.78, 5) is 12.2. The van der Waals surface area contributed by atoms with E-state index in [0.717, 1.165) is 0 Å². The van der Waals surface area contributed by atoms with Crippen molar-refractivity contribution in [2.45, 2.75) is 6.92 Å². The van der Waals surface area contributed by atoms with Gasteiger partial charge in [-0.15, -0.1) is 0 Å². The summed E-state index contributed by atoms with van der Waals surface area (Å²) in [5.74, 6) is 3.94. The van der Waals surface area contributed by atoms with Crippen LogP contribution in [0.15, 0.2) is 34.9 Å². The molecule has 1 heterocycles. The molecule has 0 unspecified atom stereocenters. The second-order valence-electron chi connectivity index (χ2n) is 3.83. The average molecular weight is 382 g/mol. The molecule has 0 saturated carbocycles. The van der Waals surface area contributed by atoms with E-state index in [1.54, 1.807) is 37.3 Å². The van der Waals surface area contributed by atoms with Crippen molar-refractivity contribution in [1.29, 1.82) is 0 Å². The lowest BCUT2D eigenvalue weighted by molar-refractivity contribution is 0.102. The topological polar surface area (TPSA) is 64.4 Å². The molecular formula is C14H11IN2O3. The van der Waals surface area contributed by atoms with Crippen LogP contribution in [0.4, 0.5) is 5.82 Å². The fourth-order valence-electron chi connectivity index (χ4n) is 1.53. The molecule has 102 valence electrons. The molecule has 0 aliphatic rings. The van der Waals surface area contributed by atoms with Gasteiger partial charge in [0.15, 0.2) is 5.82 Å². The smallest absolute Gasteiger partial charge is 0.260 e. The lowest BCUT2D eigenvalue weighted by atomic mass is 10.2. The number of carbonyl (C=O) groups excluding carboxylic acids is 1. The SMILES string of the molecule is Cc1cc(NC(=O)c2ccccc2OCC#CI)no1. The summed E-state index contributed by atoms with van der Waals surface area (Å²) in [7, 11) is 0. The maximum Gasteiger partial charge on any atom is 0.260 e. The van der Waals surface area contributed by atoms with Crippen LogP contribution in [0.25, 0.3) is 0 Å². The maximum atomic E-state index is 12.2. The normalized spacial score (nSPS) is 9.50. The van der Waals surface area contributed by atoms with E-state index in [0.29, 0.717) is 22.9 Å². The van der Waals surface area contributed by atoms with E-state index in [-0.39, 0.29) is 12.5 Å². The summed E-state index contributed by atoms with van der Waals surface area (Å²) >= 11 is 1.93. The van der Waals surface area contributed by atoms with Gasteiger partial charge in [0, 0.05) is 28.7 Å². The molecule has 2 rings (SSSR count). The molecule has 1 amide bonds. The number of halogens is 1. The van der Waals surface area contributed by atoms with Gasteiger partial charge >= 0.3 is 0 Å². The molecule has 20 heavy (non-hydrogen) atoms. The number of rotatable bonds is 4. The molecule has 1 aromatic carbocycles.